The summed E-state index contributed by atoms with van der Waals surface area (Å²) in [6.45, 7) is 2.50. The van der Waals surface area contributed by atoms with Crippen LogP contribution in [0.15, 0.2) is 36.8 Å². The number of tetrazole rings is 1. The maximum absolute atomic E-state index is 15.1. The largest absolute Gasteiger partial charge is 0.490 e. The number of nitrogens with one attached hydrogen (secondary N) is 1. The van der Waals surface area contributed by atoms with E-state index in [2.05, 4.69) is 30.9 Å². The van der Waals surface area contributed by atoms with Crippen LogP contribution < -0.4 is 15.8 Å². The van der Waals surface area contributed by atoms with Gasteiger partial charge in [0.2, 0.25) is 5.82 Å². The molecule has 0 saturated carbocycles. The lowest BCUT2D eigenvalue weighted by Crippen LogP contribution is -2.19. The number of pyridine rings is 1. The molecular weight excluding hydrogens is 496 g/mol. The number of hydrogen-bond acceptors (Lipinski definition) is 9. The average Bonchev–Trinajstić information content (AvgIpc) is 3.62. The van der Waals surface area contributed by atoms with Gasteiger partial charge in [-0.1, -0.05) is 0 Å². The van der Waals surface area contributed by atoms with Gasteiger partial charge < -0.3 is 20.5 Å². The third kappa shape index (κ3) is 5.34. The predicted octanol–water partition coefficient (Wildman–Crippen LogP) is 3.18. The van der Waals surface area contributed by atoms with Gasteiger partial charge in [0.15, 0.2) is 17.4 Å². The SMILES string of the molecule is CNCCCCOc1ccc(-n2nnnc2-c2cc(-c3cnn(C4CCOCC4)c3)cnc2N)c(F)c1F. The summed E-state index contributed by atoms with van der Waals surface area (Å²) in [7, 11) is 1.85. The summed E-state index contributed by atoms with van der Waals surface area (Å²) >= 11 is 0. The van der Waals surface area contributed by atoms with Gasteiger partial charge in [-0.25, -0.2) is 9.37 Å². The number of anilines is 1. The molecule has 0 unspecified atom stereocenters. The normalized spacial score (nSPS) is 14.2. The number of nitrogen functional groups attached to an aromatic ring is 1. The number of hydrogen-bond donors (Lipinski definition) is 2. The Morgan fingerprint density at radius 3 is 2.79 bits per heavy atom. The molecule has 3 aromatic heterocycles. The van der Waals surface area contributed by atoms with Gasteiger partial charge in [0.1, 0.15) is 11.5 Å². The summed E-state index contributed by atoms with van der Waals surface area (Å²) in [5, 5.41) is 19.1. The molecule has 200 valence electrons. The fraction of sp³-hybridized carbons (Fsp3) is 0.400. The van der Waals surface area contributed by atoms with Crippen LogP contribution in [0.1, 0.15) is 31.7 Å². The van der Waals surface area contributed by atoms with Crippen molar-refractivity contribution in [3.63, 3.8) is 0 Å². The van der Waals surface area contributed by atoms with E-state index in [9.17, 15) is 4.39 Å². The fourth-order valence-corrected chi connectivity index (χ4v) is 4.35. The summed E-state index contributed by atoms with van der Waals surface area (Å²) in [6.07, 6.45) is 8.67. The Labute approximate surface area is 218 Å². The van der Waals surface area contributed by atoms with Crippen LogP contribution in [0.5, 0.6) is 5.75 Å². The van der Waals surface area contributed by atoms with Crippen molar-refractivity contribution >= 4 is 5.82 Å². The number of rotatable bonds is 10. The molecule has 1 saturated heterocycles. The Balaban J connectivity index is 1.41. The van der Waals surface area contributed by atoms with Gasteiger partial charge in [-0.3, -0.25) is 4.68 Å². The number of unbranched alkanes of at least 4 members (excludes halogenated alkanes) is 1. The molecule has 38 heavy (non-hydrogen) atoms. The lowest BCUT2D eigenvalue weighted by molar-refractivity contribution is 0.0662. The molecule has 1 fully saturated rings. The van der Waals surface area contributed by atoms with Gasteiger partial charge in [-0.15, -0.1) is 5.10 Å². The van der Waals surface area contributed by atoms with Crippen molar-refractivity contribution in [2.24, 2.45) is 0 Å². The van der Waals surface area contributed by atoms with E-state index in [0.29, 0.717) is 25.2 Å². The molecule has 1 aromatic carbocycles. The smallest absolute Gasteiger partial charge is 0.202 e. The van der Waals surface area contributed by atoms with Crippen LogP contribution in [-0.2, 0) is 4.74 Å². The molecule has 0 spiro atoms. The fourth-order valence-electron chi connectivity index (χ4n) is 4.35. The number of aromatic nitrogens is 7. The predicted molar refractivity (Wildman–Crippen MR) is 136 cm³/mol. The molecular formula is C25H29F2N9O2. The first-order chi connectivity index (χ1) is 18.6. The van der Waals surface area contributed by atoms with E-state index in [4.69, 9.17) is 15.2 Å². The summed E-state index contributed by atoms with van der Waals surface area (Å²) < 4.78 is 43.9. The van der Waals surface area contributed by atoms with E-state index < -0.39 is 11.6 Å². The molecule has 0 amide bonds. The number of halogens is 2. The molecule has 13 heteroatoms. The summed E-state index contributed by atoms with van der Waals surface area (Å²) in [5.41, 5.74) is 7.92. The second-order valence-electron chi connectivity index (χ2n) is 8.99. The Morgan fingerprint density at radius 2 is 1.97 bits per heavy atom. The Bertz CT molecular complexity index is 1390. The van der Waals surface area contributed by atoms with Crippen LogP contribution in [0.2, 0.25) is 0 Å². The molecule has 4 heterocycles. The van der Waals surface area contributed by atoms with Gasteiger partial charge in [-0.05, 0) is 67.9 Å². The highest BCUT2D eigenvalue weighted by Gasteiger charge is 2.23. The van der Waals surface area contributed by atoms with Crippen LogP contribution in [0.4, 0.5) is 14.6 Å². The zero-order valence-electron chi connectivity index (χ0n) is 21.0. The zero-order valence-corrected chi connectivity index (χ0v) is 21.0. The standard InChI is InChI=1S/C25H29F2N9O2/c1-29-8-2-3-9-38-21-5-4-20(22(26)23(21)27)36-25(32-33-34-36)19-12-16(13-30-24(19)28)17-14-31-35(15-17)18-6-10-37-11-7-18/h4-5,12-15,18,29H,2-3,6-11H2,1H3,(H2,28,30). The number of nitrogens with two attached hydrogens (primary N) is 1. The van der Waals surface area contributed by atoms with Crippen molar-refractivity contribution in [1.82, 2.24) is 40.3 Å². The van der Waals surface area contributed by atoms with Crippen LogP contribution in [-0.4, -0.2) is 68.4 Å². The maximum Gasteiger partial charge on any atom is 0.202 e. The highest BCUT2D eigenvalue weighted by atomic mass is 19.2. The molecule has 3 N–H and O–H groups in total. The summed E-state index contributed by atoms with van der Waals surface area (Å²) in [6, 6.07) is 4.75. The average molecular weight is 526 g/mol. The van der Waals surface area contributed by atoms with E-state index in [-0.39, 0.29) is 35.7 Å². The van der Waals surface area contributed by atoms with Crippen LogP contribution >= 0.6 is 0 Å². The van der Waals surface area contributed by atoms with E-state index in [1.165, 1.54) is 12.1 Å². The first-order valence-corrected chi connectivity index (χ1v) is 12.5. The van der Waals surface area contributed by atoms with Crippen molar-refractivity contribution in [2.75, 3.05) is 39.1 Å². The van der Waals surface area contributed by atoms with Gasteiger partial charge >= 0.3 is 0 Å². The molecule has 0 radical (unpaired) electrons. The van der Waals surface area contributed by atoms with E-state index in [0.717, 1.165) is 41.6 Å². The molecule has 1 aliphatic heterocycles. The first kappa shape index (κ1) is 25.7. The molecule has 0 aliphatic carbocycles. The molecule has 5 rings (SSSR count). The monoisotopic (exact) mass is 525 g/mol. The Hall–Kier alpha value is -3.97. The first-order valence-electron chi connectivity index (χ1n) is 12.5. The second-order valence-corrected chi connectivity index (χ2v) is 8.99. The molecule has 11 nitrogen and oxygen atoms in total. The molecule has 0 bridgehead atoms. The van der Waals surface area contributed by atoms with Gasteiger partial charge in [-0.2, -0.15) is 14.2 Å². The number of nitrogens with zero attached hydrogens (tertiary/aromatic N) is 7. The van der Waals surface area contributed by atoms with Crippen molar-refractivity contribution < 1.29 is 18.3 Å². The quantitative estimate of drug-likeness (QED) is 0.300. The topological polar surface area (TPSA) is 131 Å². The van der Waals surface area contributed by atoms with E-state index in [1.807, 2.05) is 17.9 Å². The highest BCUT2D eigenvalue weighted by Crippen LogP contribution is 2.32. The zero-order chi connectivity index (χ0) is 26.5. The van der Waals surface area contributed by atoms with Crippen molar-refractivity contribution in [2.45, 2.75) is 31.7 Å². The summed E-state index contributed by atoms with van der Waals surface area (Å²) in [4.78, 5) is 4.30. The minimum atomic E-state index is -1.13. The van der Waals surface area contributed by atoms with Crippen molar-refractivity contribution in [3.8, 4) is 34.0 Å². The lowest BCUT2D eigenvalue weighted by atomic mass is 10.1. The van der Waals surface area contributed by atoms with Crippen molar-refractivity contribution in [3.05, 3.63) is 48.4 Å². The number of ether oxygens (including phenoxy) is 2. The van der Waals surface area contributed by atoms with Gasteiger partial charge in [0, 0.05) is 36.7 Å². The Morgan fingerprint density at radius 1 is 1.13 bits per heavy atom. The van der Waals surface area contributed by atoms with E-state index in [1.54, 1.807) is 18.5 Å². The van der Waals surface area contributed by atoms with E-state index >= 15 is 4.39 Å². The summed E-state index contributed by atoms with van der Waals surface area (Å²) in [5.74, 6) is -2.16. The molecule has 0 atom stereocenters. The van der Waals surface area contributed by atoms with Gasteiger partial charge in [0.05, 0.1) is 24.4 Å². The van der Waals surface area contributed by atoms with Crippen LogP contribution in [0.25, 0.3) is 28.2 Å². The third-order valence-corrected chi connectivity index (χ3v) is 6.46. The number of benzene rings is 1. The molecule has 1 aliphatic rings. The van der Waals surface area contributed by atoms with Crippen LogP contribution in [0, 0.1) is 11.6 Å². The van der Waals surface area contributed by atoms with Crippen molar-refractivity contribution in [1.29, 1.82) is 0 Å². The third-order valence-electron chi connectivity index (χ3n) is 6.46. The molecule has 4 aromatic rings. The minimum Gasteiger partial charge on any atom is -0.490 e. The van der Waals surface area contributed by atoms with Crippen LogP contribution in [0.3, 0.4) is 0 Å². The highest BCUT2D eigenvalue weighted by molar-refractivity contribution is 5.76. The second kappa shape index (κ2) is 11.6. The minimum absolute atomic E-state index is 0.118. The lowest BCUT2D eigenvalue weighted by Gasteiger charge is -2.22. The van der Waals surface area contributed by atoms with Gasteiger partial charge in [0.25, 0.3) is 0 Å². The maximum atomic E-state index is 15.1. The Kier molecular flexibility index (Phi) is 7.84.